The fourth-order valence-electron chi connectivity index (χ4n) is 3.20. The van der Waals surface area contributed by atoms with Gasteiger partial charge in [0.2, 0.25) is 0 Å². The van der Waals surface area contributed by atoms with Gasteiger partial charge in [0, 0.05) is 17.8 Å². The normalized spacial score (nSPS) is 17.0. The minimum atomic E-state index is 0.387. The molecule has 0 bridgehead atoms. The Hall–Kier alpha value is -1.88. The molecule has 6 heteroatoms. The maximum absolute atomic E-state index is 6.20. The second-order valence-electron chi connectivity index (χ2n) is 6.21. The molecule has 0 spiro atoms. The minimum Gasteiger partial charge on any atom is -0.384 e. The fourth-order valence-corrected chi connectivity index (χ4v) is 3.40. The number of anilines is 2. The van der Waals surface area contributed by atoms with Gasteiger partial charge in [0.15, 0.2) is 0 Å². The number of hydrogen-bond donors (Lipinski definition) is 2. The number of nitrogen functional groups attached to an aromatic ring is 1. The summed E-state index contributed by atoms with van der Waals surface area (Å²) in [6, 6.07) is 2.11. The van der Waals surface area contributed by atoms with Crippen molar-refractivity contribution in [2.24, 2.45) is 5.92 Å². The third-order valence-corrected chi connectivity index (χ3v) is 4.82. The van der Waals surface area contributed by atoms with Gasteiger partial charge in [-0.15, -0.1) is 0 Å². The summed E-state index contributed by atoms with van der Waals surface area (Å²) < 4.78 is 0. The first-order chi connectivity index (χ1) is 11.1. The maximum Gasteiger partial charge on any atom is 0.145 e. The molecule has 2 heterocycles. The molecule has 122 valence electrons. The SMILES string of the molecule is C[C@H](Nc1cncc(-c2cc(N)ncc2Cl)n1)C1CCCCC1. The van der Waals surface area contributed by atoms with Crippen LogP contribution in [-0.4, -0.2) is 21.0 Å². The van der Waals surface area contributed by atoms with Gasteiger partial charge in [-0.2, -0.15) is 0 Å². The Morgan fingerprint density at radius 2 is 2.00 bits per heavy atom. The van der Waals surface area contributed by atoms with E-state index in [-0.39, 0.29) is 0 Å². The van der Waals surface area contributed by atoms with Crippen molar-refractivity contribution >= 4 is 23.2 Å². The van der Waals surface area contributed by atoms with Crippen molar-refractivity contribution in [3.8, 4) is 11.3 Å². The van der Waals surface area contributed by atoms with E-state index in [0.717, 1.165) is 11.4 Å². The molecule has 5 nitrogen and oxygen atoms in total. The molecule has 0 aromatic carbocycles. The highest BCUT2D eigenvalue weighted by Gasteiger charge is 2.20. The molecule has 1 saturated carbocycles. The molecule has 0 saturated heterocycles. The quantitative estimate of drug-likeness (QED) is 0.879. The Kier molecular flexibility index (Phi) is 4.96. The van der Waals surface area contributed by atoms with E-state index in [1.807, 2.05) is 0 Å². The number of nitrogens with zero attached hydrogens (tertiary/aromatic N) is 3. The van der Waals surface area contributed by atoms with Crippen molar-refractivity contribution < 1.29 is 0 Å². The molecule has 0 amide bonds. The van der Waals surface area contributed by atoms with Crippen LogP contribution in [0.4, 0.5) is 11.6 Å². The fraction of sp³-hybridized carbons (Fsp3) is 0.471. The van der Waals surface area contributed by atoms with E-state index in [4.69, 9.17) is 17.3 Å². The van der Waals surface area contributed by atoms with Crippen LogP contribution in [0.2, 0.25) is 5.02 Å². The van der Waals surface area contributed by atoms with Gasteiger partial charge >= 0.3 is 0 Å². The Bertz CT molecular complexity index is 670. The highest BCUT2D eigenvalue weighted by atomic mass is 35.5. The van der Waals surface area contributed by atoms with Gasteiger partial charge in [0.1, 0.15) is 11.6 Å². The molecule has 0 unspecified atom stereocenters. The van der Waals surface area contributed by atoms with E-state index >= 15 is 0 Å². The summed E-state index contributed by atoms with van der Waals surface area (Å²) in [5.74, 6) is 1.89. The average Bonchev–Trinajstić information content (AvgIpc) is 2.58. The van der Waals surface area contributed by atoms with E-state index < -0.39 is 0 Å². The summed E-state index contributed by atoms with van der Waals surface area (Å²) in [7, 11) is 0. The summed E-state index contributed by atoms with van der Waals surface area (Å²) in [5.41, 5.74) is 7.20. The van der Waals surface area contributed by atoms with Crippen LogP contribution in [0.1, 0.15) is 39.0 Å². The number of rotatable bonds is 4. The standard InChI is InChI=1S/C17H22ClN5/c1-11(12-5-3-2-4-6-12)22-17-10-20-9-15(23-17)13-7-16(19)21-8-14(13)18/h7-12H,2-6H2,1H3,(H2,19,21)(H,22,23)/t11-/m0/s1. The van der Waals surface area contributed by atoms with Gasteiger partial charge < -0.3 is 11.1 Å². The van der Waals surface area contributed by atoms with Crippen LogP contribution < -0.4 is 11.1 Å². The predicted molar refractivity (Wildman–Crippen MR) is 94.3 cm³/mol. The van der Waals surface area contributed by atoms with Crippen LogP contribution in [0, 0.1) is 5.92 Å². The minimum absolute atomic E-state index is 0.387. The highest BCUT2D eigenvalue weighted by Crippen LogP contribution is 2.29. The zero-order valence-corrected chi connectivity index (χ0v) is 14.1. The van der Waals surface area contributed by atoms with Crippen LogP contribution in [0.25, 0.3) is 11.3 Å². The molecule has 1 aliphatic rings. The Morgan fingerprint density at radius 3 is 2.78 bits per heavy atom. The highest BCUT2D eigenvalue weighted by molar-refractivity contribution is 6.33. The lowest BCUT2D eigenvalue weighted by atomic mass is 9.84. The number of hydrogen-bond acceptors (Lipinski definition) is 5. The van der Waals surface area contributed by atoms with Crippen LogP contribution >= 0.6 is 11.6 Å². The first-order valence-electron chi connectivity index (χ1n) is 8.13. The Labute approximate surface area is 141 Å². The topological polar surface area (TPSA) is 76.7 Å². The van der Waals surface area contributed by atoms with E-state index in [1.165, 1.54) is 32.1 Å². The number of halogens is 1. The van der Waals surface area contributed by atoms with Crippen molar-refractivity contribution in [3.05, 3.63) is 29.7 Å². The molecule has 2 aromatic rings. The van der Waals surface area contributed by atoms with Crippen LogP contribution in [0.3, 0.4) is 0 Å². The van der Waals surface area contributed by atoms with Gasteiger partial charge in [-0.25, -0.2) is 9.97 Å². The zero-order valence-electron chi connectivity index (χ0n) is 13.3. The molecule has 0 radical (unpaired) electrons. The largest absolute Gasteiger partial charge is 0.384 e. The Balaban J connectivity index is 1.78. The molecule has 23 heavy (non-hydrogen) atoms. The molecular weight excluding hydrogens is 310 g/mol. The summed E-state index contributed by atoms with van der Waals surface area (Å²) >= 11 is 6.20. The van der Waals surface area contributed by atoms with E-state index in [0.29, 0.717) is 28.5 Å². The molecule has 1 aliphatic carbocycles. The predicted octanol–water partition coefficient (Wildman–Crippen LogP) is 4.15. The monoisotopic (exact) mass is 331 g/mol. The summed E-state index contributed by atoms with van der Waals surface area (Å²) in [6.07, 6.45) is 11.6. The number of nitrogens with one attached hydrogen (secondary N) is 1. The molecule has 3 N–H and O–H groups in total. The van der Waals surface area contributed by atoms with Crippen molar-refractivity contribution in [2.45, 2.75) is 45.1 Å². The lowest BCUT2D eigenvalue weighted by Gasteiger charge is -2.28. The van der Waals surface area contributed by atoms with Gasteiger partial charge in [-0.05, 0) is 31.7 Å². The molecule has 0 aliphatic heterocycles. The summed E-state index contributed by atoms with van der Waals surface area (Å²) in [5, 5.41) is 4.01. The van der Waals surface area contributed by atoms with E-state index in [9.17, 15) is 0 Å². The number of pyridine rings is 1. The number of nitrogens with two attached hydrogens (primary N) is 1. The number of aromatic nitrogens is 3. The van der Waals surface area contributed by atoms with Crippen LogP contribution in [-0.2, 0) is 0 Å². The maximum atomic E-state index is 6.20. The smallest absolute Gasteiger partial charge is 0.145 e. The second-order valence-corrected chi connectivity index (χ2v) is 6.62. The van der Waals surface area contributed by atoms with Gasteiger partial charge in [0.25, 0.3) is 0 Å². The summed E-state index contributed by atoms with van der Waals surface area (Å²) in [6.45, 7) is 2.22. The zero-order chi connectivity index (χ0) is 16.2. The lowest BCUT2D eigenvalue weighted by Crippen LogP contribution is -2.28. The lowest BCUT2D eigenvalue weighted by molar-refractivity contribution is 0.328. The van der Waals surface area contributed by atoms with E-state index in [2.05, 4.69) is 27.2 Å². The van der Waals surface area contributed by atoms with Crippen LogP contribution in [0.5, 0.6) is 0 Å². The third kappa shape index (κ3) is 3.91. The third-order valence-electron chi connectivity index (χ3n) is 4.52. The molecule has 1 atom stereocenters. The molecular formula is C17H22ClN5. The molecule has 3 rings (SSSR count). The first-order valence-corrected chi connectivity index (χ1v) is 8.51. The second kappa shape index (κ2) is 7.13. The average molecular weight is 332 g/mol. The van der Waals surface area contributed by atoms with Crippen molar-refractivity contribution in [3.63, 3.8) is 0 Å². The summed E-state index contributed by atoms with van der Waals surface area (Å²) in [4.78, 5) is 12.9. The van der Waals surface area contributed by atoms with Gasteiger partial charge in [0.05, 0.1) is 23.1 Å². The van der Waals surface area contributed by atoms with E-state index in [1.54, 1.807) is 24.7 Å². The van der Waals surface area contributed by atoms with Crippen molar-refractivity contribution in [2.75, 3.05) is 11.1 Å². The van der Waals surface area contributed by atoms with Crippen molar-refractivity contribution in [1.82, 2.24) is 15.0 Å². The Morgan fingerprint density at radius 1 is 1.22 bits per heavy atom. The first kappa shape index (κ1) is 16.0. The molecule has 1 fully saturated rings. The molecule has 2 aromatic heterocycles. The van der Waals surface area contributed by atoms with Gasteiger partial charge in [-0.1, -0.05) is 30.9 Å². The van der Waals surface area contributed by atoms with Crippen LogP contribution in [0.15, 0.2) is 24.7 Å². The van der Waals surface area contributed by atoms with Crippen molar-refractivity contribution in [1.29, 1.82) is 0 Å². The van der Waals surface area contributed by atoms with Gasteiger partial charge in [-0.3, -0.25) is 4.98 Å².